The topological polar surface area (TPSA) is 26.3 Å². The zero-order valence-corrected chi connectivity index (χ0v) is 16.6. The number of rotatable bonds is 18. The van der Waals surface area contributed by atoms with Gasteiger partial charge in [-0.05, 0) is 6.42 Å². The van der Waals surface area contributed by atoms with Gasteiger partial charge in [-0.2, -0.15) is 0 Å². The Balaban J connectivity index is -0.00000242. The fourth-order valence-corrected chi connectivity index (χ4v) is 2.86. The van der Waals surface area contributed by atoms with E-state index < -0.39 is 0 Å². The molecule has 0 N–H and O–H groups in total. The van der Waals surface area contributed by atoms with E-state index in [4.69, 9.17) is 4.74 Å². The molecule has 0 unspecified atom stereocenters. The van der Waals surface area contributed by atoms with Gasteiger partial charge >= 0.3 is 24.8 Å². The minimum absolute atomic E-state index is 0. The van der Waals surface area contributed by atoms with Gasteiger partial charge in [0.1, 0.15) is 6.61 Å². The predicted molar refractivity (Wildman–Crippen MR) is 102 cm³/mol. The average molecular weight is 332 g/mol. The van der Waals surface area contributed by atoms with Crippen LogP contribution in [0, 0.1) is 0 Å². The van der Waals surface area contributed by atoms with Gasteiger partial charge in [-0.1, -0.05) is 109 Å². The monoisotopic (exact) mass is 332 g/mol. The number of esters is 1. The van der Waals surface area contributed by atoms with Crippen LogP contribution in [0.1, 0.15) is 111 Å². The third-order valence-corrected chi connectivity index (χ3v) is 4.35. The Morgan fingerprint density at radius 1 is 0.792 bits per heavy atom. The maximum absolute atomic E-state index is 11.3. The van der Waals surface area contributed by atoms with Crippen LogP contribution >= 0.6 is 0 Å². The second-order valence-electron chi connectivity index (χ2n) is 6.67. The Kier molecular flexibility index (Phi) is 24.7. The fourth-order valence-electron chi connectivity index (χ4n) is 2.86. The van der Waals surface area contributed by atoms with Gasteiger partial charge in [-0.3, -0.25) is 4.79 Å². The summed E-state index contributed by atoms with van der Waals surface area (Å²) in [4.78, 5) is 11.3. The van der Waals surface area contributed by atoms with Gasteiger partial charge in [0.25, 0.3) is 0 Å². The van der Waals surface area contributed by atoms with E-state index in [1.165, 1.54) is 83.5 Å². The number of unbranched alkanes of at least 4 members (excludes halogenated alkanes) is 14. The van der Waals surface area contributed by atoms with Crippen molar-refractivity contribution in [2.45, 2.75) is 110 Å². The first-order valence-electron chi connectivity index (χ1n) is 10.1. The average Bonchev–Trinajstić information content (AvgIpc) is 2.56. The summed E-state index contributed by atoms with van der Waals surface area (Å²) in [5.41, 5.74) is 0. The molecule has 0 rings (SSSR count). The molecule has 0 atom stereocenters. The van der Waals surface area contributed by atoms with E-state index in [0.717, 1.165) is 12.8 Å². The zero-order valence-electron chi connectivity index (χ0n) is 17.6. The van der Waals surface area contributed by atoms with Crippen molar-refractivity contribution in [1.82, 2.24) is 0 Å². The summed E-state index contributed by atoms with van der Waals surface area (Å²) >= 11 is 0. The number of hydrogen-bond donors (Lipinski definition) is 0. The molecule has 0 fully saturated rings. The Morgan fingerprint density at radius 3 is 1.54 bits per heavy atom. The molecular formula is C21H41LiO2. The molecule has 0 bridgehead atoms. The van der Waals surface area contributed by atoms with Crippen molar-refractivity contribution in [3.05, 3.63) is 12.7 Å². The summed E-state index contributed by atoms with van der Waals surface area (Å²) < 4.78 is 4.95. The molecule has 0 radical (unpaired) electrons. The first kappa shape index (κ1) is 26.0. The number of hydrogen-bond acceptors (Lipinski definition) is 2. The molecule has 0 aliphatic carbocycles. The van der Waals surface area contributed by atoms with E-state index in [-0.39, 0.29) is 26.3 Å². The Hall–Kier alpha value is -0.193. The second-order valence-corrected chi connectivity index (χ2v) is 6.67. The van der Waals surface area contributed by atoms with Crippen LogP contribution in [-0.2, 0) is 9.53 Å². The Labute approximate surface area is 164 Å². The van der Waals surface area contributed by atoms with Crippen LogP contribution in [0.3, 0.4) is 0 Å². The Bertz CT molecular complexity index is 273. The van der Waals surface area contributed by atoms with E-state index in [1.54, 1.807) is 6.08 Å². The Morgan fingerprint density at radius 2 is 1.17 bits per heavy atom. The molecule has 0 saturated heterocycles. The zero-order chi connectivity index (χ0) is 17.0. The largest absolute Gasteiger partial charge is 1.00 e. The standard InChI is InChI=1S/C21H40O2.Li.H/c1-3-5-6-7-8-9-10-11-12-13-14-15-16-17-18-19-21(22)23-20-4-2;;/h4H,2-3,5-20H2,1H3;;/q;+1;-1. The van der Waals surface area contributed by atoms with Crippen molar-refractivity contribution in [1.29, 1.82) is 0 Å². The summed E-state index contributed by atoms with van der Waals surface area (Å²) in [6, 6.07) is 0. The first-order chi connectivity index (χ1) is 11.3. The quantitative estimate of drug-likeness (QED) is 0.163. The van der Waals surface area contributed by atoms with Crippen LogP contribution in [0.2, 0.25) is 0 Å². The molecule has 0 aromatic heterocycles. The molecule has 0 heterocycles. The minimum atomic E-state index is -0.0837. The summed E-state index contributed by atoms with van der Waals surface area (Å²) in [5.74, 6) is -0.0837. The molecule has 0 spiro atoms. The van der Waals surface area contributed by atoms with Crippen molar-refractivity contribution in [2.75, 3.05) is 6.61 Å². The van der Waals surface area contributed by atoms with Gasteiger partial charge in [-0.15, -0.1) is 0 Å². The van der Waals surface area contributed by atoms with Crippen LogP contribution in [0.4, 0.5) is 0 Å². The normalized spacial score (nSPS) is 10.2. The van der Waals surface area contributed by atoms with Crippen LogP contribution in [-0.4, -0.2) is 12.6 Å². The molecule has 0 amide bonds. The van der Waals surface area contributed by atoms with E-state index in [2.05, 4.69) is 13.5 Å². The van der Waals surface area contributed by atoms with E-state index in [1.807, 2.05) is 0 Å². The summed E-state index contributed by atoms with van der Waals surface area (Å²) in [6.07, 6.45) is 22.4. The van der Waals surface area contributed by atoms with Crippen LogP contribution < -0.4 is 18.9 Å². The van der Waals surface area contributed by atoms with E-state index in [0.29, 0.717) is 13.0 Å². The van der Waals surface area contributed by atoms with E-state index >= 15 is 0 Å². The van der Waals surface area contributed by atoms with Gasteiger partial charge in [0, 0.05) is 6.42 Å². The molecule has 0 saturated carbocycles. The maximum atomic E-state index is 11.3. The van der Waals surface area contributed by atoms with Gasteiger partial charge < -0.3 is 6.16 Å². The molecule has 2 nitrogen and oxygen atoms in total. The fraction of sp³-hybridized carbons (Fsp3) is 0.857. The maximum Gasteiger partial charge on any atom is 1.00 e. The molecule has 3 heteroatoms. The minimum Gasteiger partial charge on any atom is -1.00 e. The third kappa shape index (κ3) is 21.8. The molecule has 138 valence electrons. The van der Waals surface area contributed by atoms with Gasteiger partial charge in [0.05, 0.1) is 0 Å². The first-order valence-corrected chi connectivity index (χ1v) is 10.1. The van der Waals surface area contributed by atoms with Gasteiger partial charge in [0.2, 0.25) is 0 Å². The molecule has 0 aliphatic rings. The van der Waals surface area contributed by atoms with Crippen molar-refractivity contribution < 1.29 is 29.8 Å². The smallest absolute Gasteiger partial charge is 1.00 e. The molecular weight excluding hydrogens is 291 g/mol. The van der Waals surface area contributed by atoms with Gasteiger partial charge in [0.15, 0.2) is 0 Å². The van der Waals surface area contributed by atoms with Crippen LogP contribution in [0.15, 0.2) is 12.7 Å². The molecule has 24 heavy (non-hydrogen) atoms. The molecule has 0 aromatic rings. The van der Waals surface area contributed by atoms with Crippen molar-refractivity contribution >= 4 is 5.97 Å². The molecule has 0 aliphatic heterocycles. The summed E-state index contributed by atoms with van der Waals surface area (Å²) in [5, 5.41) is 0. The molecule has 0 aromatic carbocycles. The van der Waals surface area contributed by atoms with Crippen LogP contribution in [0.25, 0.3) is 0 Å². The number of carbonyl (C=O) groups is 1. The third-order valence-electron chi connectivity index (χ3n) is 4.35. The summed E-state index contributed by atoms with van der Waals surface area (Å²) in [7, 11) is 0. The van der Waals surface area contributed by atoms with E-state index in [9.17, 15) is 4.79 Å². The van der Waals surface area contributed by atoms with Crippen molar-refractivity contribution in [3.63, 3.8) is 0 Å². The number of carbonyl (C=O) groups excluding carboxylic acids is 1. The predicted octanol–water partition coefficient (Wildman–Crippen LogP) is 4.09. The SMILES string of the molecule is C=CCOC(=O)CCCCCCCCCCCCCCCCC.[H-].[Li+]. The van der Waals surface area contributed by atoms with Crippen molar-refractivity contribution in [2.24, 2.45) is 0 Å². The van der Waals surface area contributed by atoms with Gasteiger partial charge in [-0.25, -0.2) is 0 Å². The summed E-state index contributed by atoms with van der Waals surface area (Å²) in [6.45, 7) is 6.15. The van der Waals surface area contributed by atoms with Crippen LogP contribution in [0.5, 0.6) is 0 Å². The van der Waals surface area contributed by atoms with Crippen molar-refractivity contribution in [3.8, 4) is 0 Å². The number of ether oxygens (including phenoxy) is 1. The second kappa shape index (κ2) is 22.8.